The van der Waals surface area contributed by atoms with Crippen molar-refractivity contribution in [1.29, 1.82) is 0 Å². The highest BCUT2D eigenvalue weighted by molar-refractivity contribution is 5.69. The van der Waals surface area contributed by atoms with Crippen molar-refractivity contribution < 1.29 is 5.11 Å². The highest BCUT2D eigenvalue weighted by Gasteiger charge is 2.57. The summed E-state index contributed by atoms with van der Waals surface area (Å²) in [7, 11) is 0. The molecule has 2 aromatic heterocycles. The Hall–Kier alpha value is -2.67. The molecular weight excluding hydrogens is 352 g/mol. The molecule has 3 heterocycles. The van der Waals surface area contributed by atoms with Crippen molar-refractivity contribution in [3.63, 3.8) is 0 Å². The predicted molar refractivity (Wildman–Crippen MR) is 112 cm³/mol. The van der Waals surface area contributed by atoms with Crippen molar-refractivity contribution in [3.05, 3.63) is 35.8 Å². The number of aromatic nitrogens is 3. The van der Waals surface area contributed by atoms with E-state index in [1.807, 2.05) is 19.1 Å². The van der Waals surface area contributed by atoms with Gasteiger partial charge in [-0.2, -0.15) is 0 Å². The number of nitrogens with two attached hydrogens (primary N) is 1. The van der Waals surface area contributed by atoms with Gasteiger partial charge in [0, 0.05) is 48.1 Å². The van der Waals surface area contributed by atoms with E-state index in [0.29, 0.717) is 17.3 Å². The van der Waals surface area contributed by atoms with Crippen molar-refractivity contribution in [2.75, 3.05) is 29.0 Å². The summed E-state index contributed by atoms with van der Waals surface area (Å²) in [6.45, 7) is 7.98. The Labute approximate surface area is 165 Å². The first-order valence-corrected chi connectivity index (χ1v) is 9.77. The van der Waals surface area contributed by atoms with Gasteiger partial charge in [-0.25, -0.2) is 15.0 Å². The Morgan fingerprint density at radius 3 is 2.61 bits per heavy atom. The van der Waals surface area contributed by atoms with Gasteiger partial charge in [-0.1, -0.05) is 18.6 Å². The molecule has 4 rings (SSSR count). The van der Waals surface area contributed by atoms with Crippen molar-refractivity contribution >= 4 is 29.2 Å². The fourth-order valence-electron chi connectivity index (χ4n) is 4.47. The molecule has 0 radical (unpaired) electrons. The Morgan fingerprint density at radius 2 is 1.96 bits per heavy atom. The number of aliphatic hydroxyl groups is 1. The largest absolute Gasteiger partial charge is 0.398 e. The van der Waals surface area contributed by atoms with Gasteiger partial charge in [0.25, 0.3) is 0 Å². The van der Waals surface area contributed by atoms with Crippen LogP contribution >= 0.6 is 0 Å². The molecule has 2 fully saturated rings. The lowest BCUT2D eigenvalue weighted by atomic mass is 9.56. The van der Waals surface area contributed by atoms with Crippen LogP contribution in [-0.4, -0.2) is 38.7 Å². The average molecular weight is 380 g/mol. The minimum Gasteiger partial charge on any atom is -0.398 e. The van der Waals surface area contributed by atoms with E-state index in [1.54, 1.807) is 12.5 Å². The van der Waals surface area contributed by atoms with Crippen LogP contribution < -0.4 is 16.0 Å². The lowest BCUT2D eigenvalue weighted by Crippen LogP contribution is -2.67. The number of nitrogens with zero attached hydrogens (tertiary/aromatic N) is 4. The standard InChI is InChI=1S/C21H28N6O/c1-4-14(2)5-15-8-23-17(6-16(15)22)26-18-7-19(25-13-24-18)27-11-21(12-27)9-20(3,28)10-21/h5-8,13,28H,4,9-12H2,1-3H3,(H3,22,23,24,25,26). The molecule has 1 saturated carbocycles. The molecular formula is C21H28N6O. The molecule has 0 amide bonds. The van der Waals surface area contributed by atoms with Gasteiger partial charge in [0.2, 0.25) is 0 Å². The number of hydrogen-bond acceptors (Lipinski definition) is 7. The lowest BCUT2D eigenvalue weighted by Gasteiger charge is -2.61. The topological polar surface area (TPSA) is 100 Å². The summed E-state index contributed by atoms with van der Waals surface area (Å²) in [4.78, 5) is 15.4. The van der Waals surface area contributed by atoms with Crippen LogP contribution in [0.3, 0.4) is 0 Å². The summed E-state index contributed by atoms with van der Waals surface area (Å²) in [6, 6.07) is 3.75. The van der Waals surface area contributed by atoms with E-state index in [0.717, 1.165) is 43.7 Å². The van der Waals surface area contributed by atoms with E-state index in [9.17, 15) is 5.11 Å². The maximum atomic E-state index is 10.0. The van der Waals surface area contributed by atoms with Gasteiger partial charge in [-0.05, 0) is 33.1 Å². The minimum absolute atomic E-state index is 0.262. The predicted octanol–water partition coefficient (Wildman–Crippen LogP) is 3.36. The highest BCUT2D eigenvalue weighted by Crippen LogP contribution is 2.54. The molecule has 4 N–H and O–H groups in total. The van der Waals surface area contributed by atoms with Gasteiger partial charge in [-0.3, -0.25) is 0 Å². The average Bonchev–Trinajstić information content (AvgIpc) is 2.59. The number of hydrogen-bond donors (Lipinski definition) is 3. The van der Waals surface area contributed by atoms with Gasteiger partial charge in [-0.15, -0.1) is 0 Å². The monoisotopic (exact) mass is 380 g/mol. The van der Waals surface area contributed by atoms with Crippen LogP contribution in [0.4, 0.5) is 23.1 Å². The van der Waals surface area contributed by atoms with Crippen LogP contribution in [0.25, 0.3) is 6.08 Å². The second-order valence-electron chi connectivity index (χ2n) is 8.64. The third kappa shape index (κ3) is 3.67. The van der Waals surface area contributed by atoms with Crippen molar-refractivity contribution in [1.82, 2.24) is 15.0 Å². The molecule has 1 aliphatic carbocycles. The van der Waals surface area contributed by atoms with E-state index in [1.165, 1.54) is 5.57 Å². The quantitative estimate of drug-likeness (QED) is 0.731. The smallest absolute Gasteiger partial charge is 0.137 e. The van der Waals surface area contributed by atoms with Crippen molar-refractivity contribution in [2.45, 2.75) is 45.6 Å². The molecule has 7 nitrogen and oxygen atoms in total. The van der Waals surface area contributed by atoms with Crippen LogP contribution in [0.5, 0.6) is 0 Å². The van der Waals surface area contributed by atoms with Gasteiger partial charge < -0.3 is 21.1 Å². The third-order valence-corrected chi connectivity index (χ3v) is 5.72. The molecule has 28 heavy (non-hydrogen) atoms. The molecule has 7 heteroatoms. The number of pyridine rings is 1. The zero-order valence-corrected chi connectivity index (χ0v) is 16.7. The lowest BCUT2D eigenvalue weighted by molar-refractivity contribution is -0.126. The second-order valence-corrected chi connectivity index (χ2v) is 8.64. The van der Waals surface area contributed by atoms with Crippen LogP contribution in [0.1, 0.15) is 45.6 Å². The second kappa shape index (κ2) is 6.74. The molecule has 0 bridgehead atoms. The van der Waals surface area contributed by atoms with E-state index in [2.05, 4.69) is 45.1 Å². The summed E-state index contributed by atoms with van der Waals surface area (Å²) in [6.07, 6.45) is 8.12. The Bertz CT molecular complexity index is 907. The van der Waals surface area contributed by atoms with Crippen molar-refractivity contribution in [3.8, 4) is 0 Å². The molecule has 2 aromatic rings. The van der Waals surface area contributed by atoms with Crippen LogP contribution in [-0.2, 0) is 0 Å². The van der Waals surface area contributed by atoms with Gasteiger partial charge >= 0.3 is 0 Å². The SMILES string of the molecule is CCC(C)=Cc1cnc(Nc2cc(N3CC4(C3)CC(C)(O)C4)ncn2)cc1N. The number of nitrogens with one attached hydrogen (secondary N) is 1. The molecule has 1 spiro atoms. The molecule has 1 aliphatic heterocycles. The Kier molecular flexibility index (Phi) is 4.50. The van der Waals surface area contributed by atoms with Crippen LogP contribution in [0.15, 0.2) is 30.2 Å². The van der Waals surface area contributed by atoms with E-state index in [4.69, 9.17) is 5.73 Å². The Balaban J connectivity index is 1.42. The number of allylic oxidation sites excluding steroid dienone is 1. The summed E-state index contributed by atoms with van der Waals surface area (Å²) < 4.78 is 0. The van der Waals surface area contributed by atoms with E-state index < -0.39 is 5.60 Å². The molecule has 1 saturated heterocycles. The Morgan fingerprint density at radius 1 is 1.25 bits per heavy atom. The maximum absolute atomic E-state index is 10.0. The van der Waals surface area contributed by atoms with Crippen LogP contribution in [0.2, 0.25) is 0 Å². The molecule has 0 atom stereocenters. The minimum atomic E-state index is -0.493. The van der Waals surface area contributed by atoms with Crippen molar-refractivity contribution in [2.24, 2.45) is 5.41 Å². The van der Waals surface area contributed by atoms with E-state index >= 15 is 0 Å². The van der Waals surface area contributed by atoms with Crippen LogP contribution in [0, 0.1) is 5.41 Å². The fourth-order valence-corrected chi connectivity index (χ4v) is 4.47. The summed E-state index contributed by atoms with van der Waals surface area (Å²) in [5.74, 6) is 2.23. The third-order valence-electron chi connectivity index (χ3n) is 5.72. The van der Waals surface area contributed by atoms with Gasteiger partial charge in [0.05, 0.1) is 5.60 Å². The number of anilines is 4. The zero-order chi connectivity index (χ0) is 19.9. The summed E-state index contributed by atoms with van der Waals surface area (Å²) in [5.41, 5.74) is 8.81. The molecule has 2 aliphatic rings. The molecule has 0 aromatic carbocycles. The molecule has 0 unspecified atom stereocenters. The normalized spacial score (nSPS) is 19.9. The van der Waals surface area contributed by atoms with Gasteiger partial charge in [0.15, 0.2) is 0 Å². The van der Waals surface area contributed by atoms with Gasteiger partial charge in [0.1, 0.15) is 23.8 Å². The first-order valence-electron chi connectivity index (χ1n) is 9.77. The number of nitrogen functional groups attached to an aromatic ring is 1. The summed E-state index contributed by atoms with van der Waals surface area (Å²) in [5, 5.41) is 13.2. The number of rotatable bonds is 5. The molecule has 148 valence electrons. The maximum Gasteiger partial charge on any atom is 0.137 e. The first kappa shape index (κ1) is 18.7. The zero-order valence-electron chi connectivity index (χ0n) is 16.7. The fraction of sp³-hybridized carbons (Fsp3) is 0.476. The first-order chi connectivity index (χ1) is 13.3. The summed E-state index contributed by atoms with van der Waals surface area (Å²) >= 11 is 0. The highest BCUT2D eigenvalue weighted by atomic mass is 16.3. The van der Waals surface area contributed by atoms with E-state index in [-0.39, 0.29) is 5.41 Å².